The van der Waals surface area contributed by atoms with Gasteiger partial charge in [0.1, 0.15) is 0 Å². The molecule has 3 nitrogen and oxygen atoms in total. The van der Waals surface area contributed by atoms with Crippen molar-refractivity contribution in [1.82, 2.24) is 5.32 Å². The third-order valence-corrected chi connectivity index (χ3v) is 2.23. The molecule has 1 unspecified atom stereocenters. The van der Waals surface area contributed by atoms with E-state index in [0.717, 1.165) is 19.4 Å². The first-order valence-electron chi connectivity index (χ1n) is 5.11. The summed E-state index contributed by atoms with van der Waals surface area (Å²) in [6.07, 6.45) is 2.15. The maximum absolute atomic E-state index is 11.5. The lowest BCUT2D eigenvalue weighted by Gasteiger charge is -2.17. The minimum atomic E-state index is -0.0307. The number of carbonyl (C=O) groups excluding carboxylic acids is 1. The van der Waals surface area contributed by atoms with Gasteiger partial charge < -0.3 is 11.1 Å². The van der Waals surface area contributed by atoms with Crippen LogP contribution >= 0.6 is 0 Å². The van der Waals surface area contributed by atoms with Crippen molar-refractivity contribution in [3.63, 3.8) is 0 Å². The molecule has 0 spiro atoms. The van der Waals surface area contributed by atoms with Crippen molar-refractivity contribution in [3.05, 3.63) is 0 Å². The van der Waals surface area contributed by atoms with E-state index in [1.54, 1.807) is 0 Å². The van der Waals surface area contributed by atoms with Gasteiger partial charge in [-0.1, -0.05) is 27.2 Å². The second kappa shape index (κ2) is 6.89. The number of carbonyl (C=O) groups is 1. The largest absolute Gasteiger partial charge is 0.356 e. The molecule has 0 aromatic rings. The fraction of sp³-hybridized carbons (Fsp3) is 0.900. The molecule has 0 bridgehead atoms. The zero-order valence-electron chi connectivity index (χ0n) is 8.97. The molecule has 0 aromatic carbocycles. The molecule has 0 aliphatic rings. The van der Waals surface area contributed by atoms with Crippen molar-refractivity contribution in [1.29, 1.82) is 0 Å². The molecule has 3 heteroatoms. The van der Waals surface area contributed by atoms with Crippen LogP contribution in [0.15, 0.2) is 0 Å². The van der Waals surface area contributed by atoms with Crippen LogP contribution in [0.1, 0.15) is 33.6 Å². The second-order valence-electron chi connectivity index (χ2n) is 3.73. The Balaban J connectivity index is 3.78. The summed E-state index contributed by atoms with van der Waals surface area (Å²) >= 11 is 0. The van der Waals surface area contributed by atoms with Crippen LogP contribution in [-0.4, -0.2) is 19.0 Å². The number of unbranched alkanes of at least 4 members (excludes halogenated alkanes) is 1. The van der Waals surface area contributed by atoms with Crippen LogP contribution < -0.4 is 11.1 Å². The third-order valence-electron chi connectivity index (χ3n) is 2.23. The highest BCUT2D eigenvalue weighted by Gasteiger charge is 2.19. The molecule has 0 saturated carbocycles. The molecule has 3 N–H and O–H groups in total. The van der Waals surface area contributed by atoms with Gasteiger partial charge in [0.15, 0.2) is 0 Å². The fourth-order valence-corrected chi connectivity index (χ4v) is 1.20. The van der Waals surface area contributed by atoms with Gasteiger partial charge >= 0.3 is 0 Å². The van der Waals surface area contributed by atoms with Crippen LogP contribution in [0.3, 0.4) is 0 Å². The van der Waals surface area contributed by atoms with Gasteiger partial charge in [-0.3, -0.25) is 4.79 Å². The van der Waals surface area contributed by atoms with Gasteiger partial charge in [-0.15, -0.1) is 0 Å². The highest BCUT2D eigenvalue weighted by molar-refractivity contribution is 5.79. The summed E-state index contributed by atoms with van der Waals surface area (Å²) in [6, 6.07) is 0. The maximum atomic E-state index is 11.5. The molecule has 0 aliphatic carbocycles. The van der Waals surface area contributed by atoms with Crippen molar-refractivity contribution in [2.45, 2.75) is 33.6 Å². The van der Waals surface area contributed by atoms with E-state index in [1.807, 2.05) is 13.8 Å². The van der Waals surface area contributed by atoms with E-state index >= 15 is 0 Å². The van der Waals surface area contributed by atoms with Crippen LogP contribution in [0.25, 0.3) is 0 Å². The van der Waals surface area contributed by atoms with Crippen LogP contribution in [0.4, 0.5) is 0 Å². The Bertz CT molecular complexity index is 146. The van der Waals surface area contributed by atoms with Crippen molar-refractivity contribution in [3.8, 4) is 0 Å². The number of amides is 1. The molecular formula is C10H22N2O. The van der Waals surface area contributed by atoms with Crippen LogP contribution in [0.5, 0.6) is 0 Å². The summed E-state index contributed by atoms with van der Waals surface area (Å²) in [7, 11) is 0. The van der Waals surface area contributed by atoms with E-state index in [-0.39, 0.29) is 11.8 Å². The summed E-state index contributed by atoms with van der Waals surface area (Å²) in [6.45, 7) is 7.37. The predicted molar refractivity (Wildman–Crippen MR) is 55.3 cm³/mol. The van der Waals surface area contributed by atoms with Crippen molar-refractivity contribution in [2.75, 3.05) is 13.1 Å². The Hall–Kier alpha value is -0.570. The number of nitrogens with two attached hydrogens (primary N) is 1. The van der Waals surface area contributed by atoms with Crippen molar-refractivity contribution in [2.24, 2.45) is 17.6 Å². The molecule has 0 aliphatic heterocycles. The first kappa shape index (κ1) is 12.4. The standard InChI is InChI=1S/C10H22N2O/c1-4-5-6-12-10(13)9(7-11)8(2)3/h8-9H,4-7,11H2,1-3H3,(H,12,13). The summed E-state index contributed by atoms with van der Waals surface area (Å²) < 4.78 is 0. The fourth-order valence-electron chi connectivity index (χ4n) is 1.20. The molecule has 1 amide bonds. The van der Waals surface area contributed by atoms with E-state index in [1.165, 1.54) is 0 Å². The van der Waals surface area contributed by atoms with Gasteiger partial charge in [0, 0.05) is 13.1 Å². The summed E-state index contributed by atoms with van der Waals surface area (Å²) in [5.41, 5.74) is 5.52. The molecule has 78 valence electrons. The Morgan fingerprint density at radius 2 is 2.08 bits per heavy atom. The van der Waals surface area contributed by atoms with Gasteiger partial charge in [0.2, 0.25) is 5.91 Å². The average molecular weight is 186 g/mol. The molecule has 0 saturated heterocycles. The van der Waals surface area contributed by atoms with E-state index in [9.17, 15) is 4.79 Å². The monoisotopic (exact) mass is 186 g/mol. The smallest absolute Gasteiger partial charge is 0.224 e. The van der Waals surface area contributed by atoms with E-state index in [2.05, 4.69) is 12.2 Å². The molecule has 0 fully saturated rings. The molecule has 13 heavy (non-hydrogen) atoms. The lowest BCUT2D eigenvalue weighted by Crippen LogP contribution is -2.38. The lowest BCUT2D eigenvalue weighted by atomic mass is 9.95. The van der Waals surface area contributed by atoms with E-state index in [0.29, 0.717) is 12.5 Å². The van der Waals surface area contributed by atoms with Crippen LogP contribution in [-0.2, 0) is 4.79 Å². The van der Waals surface area contributed by atoms with E-state index in [4.69, 9.17) is 5.73 Å². The molecule has 0 heterocycles. The van der Waals surface area contributed by atoms with Crippen molar-refractivity contribution < 1.29 is 4.79 Å². The summed E-state index contributed by atoms with van der Waals surface area (Å²) in [4.78, 5) is 11.5. The normalized spacial score (nSPS) is 13.0. The zero-order chi connectivity index (χ0) is 10.3. The predicted octanol–water partition coefficient (Wildman–Crippen LogP) is 1.13. The Morgan fingerprint density at radius 3 is 2.46 bits per heavy atom. The molecule has 0 rings (SSSR count). The second-order valence-corrected chi connectivity index (χ2v) is 3.73. The first-order chi connectivity index (χ1) is 6.13. The van der Waals surface area contributed by atoms with Crippen molar-refractivity contribution >= 4 is 5.91 Å². The Morgan fingerprint density at radius 1 is 1.46 bits per heavy atom. The third kappa shape index (κ3) is 4.88. The van der Waals surface area contributed by atoms with E-state index < -0.39 is 0 Å². The molecular weight excluding hydrogens is 164 g/mol. The zero-order valence-corrected chi connectivity index (χ0v) is 8.97. The van der Waals surface area contributed by atoms with Gasteiger partial charge in [-0.05, 0) is 12.3 Å². The topological polar surface area (TPSA) is 55.1 Å². The summed E-state index contributed by atoms with van der Waals surface area (Å²) in [5.74, 6) is 0.398. The number of rotatable bonds is 6. The molecule has 0 aromatic heterocycles. The Labute approximate surface area is 81.1 Å². The van der Waals surface area contributed by atoms with Crippen LogP contribution in [0.2, 0.25) is 0 Å². The van der Waals surface area contributed by atoms with Gasteiger partial charge in [0.05, 0.1) is 5.92 Å². The minimum Gasteiger partial charge on any atom is -0.356 e. The maximum Gasteiger partial charge on any atom is 0.224 e. The van der Waals surface area contributed by atoms with Crippen LogP contribution in [0, 0.1) is 11.8 Å². The lowest BCUT2D eigenvalue weighted by molar-refractivity contribution is -0.125. The van der Waals surface area contributed by atoms with Gasteiger partial charge in [-0.2, -0.15) is 0 Å². The minimum absolute atomic E-state index is 0.0307. The molecule has 1 atom stereocenters. The quantitative estimate of drug-likeness (QED) is 0.611. The number of hydrogen-bond acceptors (Lipinski definition) is 2. The highest BCUT2D eigenvalue weighted by atomic mass is 16.1. The SMILES string of the molecule is CCCCNC(=O)C(CN)C(C)C. The average Bonchev–Trinajstić information content (AvgIpc) is 2.05. The Kier molecular flexibility index (Phi) is 6.59. The first-order valence-corrected chi connectivity index (χ1v) is 5.11. The van der Waals surface area contributed by atoms with Gasteiger partial charge in [0.25, 0.3) is 0 Å². The highest BCUT2D eigenvalue weighted by Crippen LogP contribution is 2.08. The molecule has 0 radical (unpaired) electrons. The number of hydrogen-bond donors (Lipinski definition) is 2. The number of nitrogens with one attached hydrogen (secondary N) is 1. The van der Waals surface area contributed by atoms with Gasteiger partial charge in [-0.25, -0.2) is 0 Å². The summed E-state index contributed by atoms with van der Waals surface area (Å²) in [5, 5.41) is 2.90.